The average molecular weight is 258 g/mol. The fourth-order valence-electron chi connectivity index (χ4n) is 2.11. The summed E-state index contributed by atoms with van der Waals surface area (Å²) < 4.78 is 7.57. The Morgan fingerprint density at radius 1 is 0.895 bits per heavy atom. The first-order chi connectivity index (χ1) is 9.02. The van der Waals surface area contributed by atoms with Crippen LogP contribution in [0, 0.1) is 10.8 Å². The van der Waals surface area contributed by atoms with Gasteiger partial charge in [-0.05, 0) is 12.1 Å². The van der Waals surface area contributed by atoms with E-state index in [0.717, 1.165) is 9.13 Å². The van der Waals surface area contributed by atoms with Crippen LogP contribution in [0.2, 0.25) is 0 Å². The highest BCUT2D eigenvalue weighted by Crippen LogP contribution is 2.07. The monoisotopic (exact) mass is 258 g/mol. The van der Waals surface area contributed by atoms with E-state index in [0.29, 0.717) is 5.39 Å². The highest BCUT2D eigenvalue weighted by Gasteiger charge is 2.13. The first kappa shape index (κ1) is 11.5. The van der Waals surface area contributed by atoms with Crippen LogP contribution < -0.4 is 16.7 Å². The smallest absolute Gasteiger partial charge is 0.298 e. The van der Waals surface area contributed by atoms with E-state index in [4.69, 9.17) is 4.42 Å². The highest BCUT2D eigenvalue weighted by molar-refractivity contribution is 5.74. The third kappa shape index (κ3) is 1.40. The van der Waals surface area contributed by atoms with Crippen LogP contribution >= 0.6 is 0 Å². The third-order valence-corrected chi connectivity index (χ3v) is 3.19. The molecule has 1 aromatic rings. The molecule has 3 rings (SSSR count). The lowest BCUT2D eigenvalue weighted by atomic mass is 10.3. The topological polar surface area (TPSA) is 74.2 Å². The Labute approximate surface area is 105 Å². The van der Waals surface area contributed by atoms with Gasteiger partial charge in [0.15, 0.2) is 5.35 Å². The summed E-state index contributed by atoms with van der Waals surface area (Å²) in [4.78, 5) is 36.2. The van der Waals surface area contributed by atoms with Crippen molar-refractivity contribution in [3.05, 3.63) is 66.1 Å². The van der Waals surface area contributed by atoms with Gasteiger partial charge in [-0.2, -0.15) is 0 Å². The molecule has 6 nitrogen and oxygen atoms in total. The van der Waals surface area contributed by atoms with Crippen molar-refractivity contribution < 1.29 is 4.42 Å². The minimum absolute atomic E-state index is 0.0197. The number of nitrogens with zero attached hydrogens (tertiary/aromatic N) is 2. The number of rotatable bonds is 0. The normalized spacial score (nSPS) is 11.3. The van der Waals surface area contributed by atoms with Gasteiger partial charge in [-0.15, -0.1) is 0 Å². The lowest BCUT2D eigenvalue weighted by Crippen LogP contribution is -2.25. The number of hydrogen-bond acceptors (Lipinski definition) is 4. The minimum Gasteiger partial charge on any atom is -0.448 e. The van der Waals surface area contributed by atoms with Gasteiger partial charge in [0, 0.05) is 14.1 Å². The molecule has 19 heavy (non-hydrogen) atoms. The summed E-state index contributed by atoms with van der Waals surface area (Å²) in [5.74, 6) is 0. The summed E-state index contributed by atoms with van der Waals surface area (Å²) in [6.45, 7) is 0. The molecule has 2 heterocycles. The summed E-state index contributed by atoms with van der Waals surface area (Å²) in [6, 6.07) is 6.57. The SMILES string of the molecule is Cn1c(=O)c2oc3ccccc3c(=O)n(C)c=2c1=O. The lowest BCUT2D eigenvalue weighted by Gasteiger charge is -1.91. The zero-order valence-electron chi connectivity index (χ0n) is 10.3. The minimum atomic E-state index is -0.545. The van der Waals surface area contributed by atoms with Crippen molar-refractivity contribution in [1.82, 2.24) is 9.13 Å². The van der Waals surface area contributed by atoms with Crippen molar-refractivity contribution in [3.63, 3.8) is 0 Å². The number of aromatic nitrogens is 2. The van der Waals surface area contributed by atoms with Gasteiger partial charge in [0.2, 0.25) is 5.42 Å². The molecule has 6 heteroatoms. The zero-order valence-corrected chi connectivity index (χ0v) is 10.3. The number of fused-ring (bicyclic) bond motifs is 1. The third-order valence-electron chi connectivity index (χ3n) is 3.19. The molecular formula is C13H10N2O4. The molecule has 96 valence electrons. The molecule has 0 aromatic heterocycles. The van der Waals surface area contributed by atoms with Crippen LogP contribution in [0.3, 0.4) is 0 Å². The van der Waals surface area contributed by atoms with E-state index in [-0.39, 0.29) is 21.9 Å². The van der Waals surface area contributed by atoms with Crippen LogP contribution in [0.15, 0.2) is 43.1 Å². The van der Waals surface area contributed by atoms with Crippen LogP contribution in [-0.4, -0.2) is 9.13 Å². The van der Waals surface area contributed by atoms with Gasteiger partial charge in [0.1, 0.15) is 5.58 Å². The van der Waals surface area contributed by atoms with E-state index in [9.17, 15) is 14.4 Å². The Hall–Kier alpha value is -2.63. The van der Waals surface area contributed by atoms with Crippen molar-refractivity contribution in [1.29, 1.82) is 0 Å². The van der Waals surface area contributed by atoms with Crippen LogP contribution in [0.4, 0.5) is 0 Å². The first-order valence-electron chi connectivity index (χ1n) is 5.64. The molecule has 0 bridgehead atoms. The maximum Gasteiger partial charge on any atom is 0.298 e. The second kappa shape index (κ2) is 3.68. The Kier molecular flexibility index (Phi) is 2.22. The maximum absolute atomic E-state index is 12.3. The second-order valence-corrected chi connectivity index (χ2v) is 4.31. The average Bonchev–Trinajstić information content (AvgIpc) is 2.57. The fourth-order valence-corrected chi connectivity index (χ4v) is 2.11. The predicted molar refractivity (Wildman–Crippen MR) is 68.3 cm³/mol. The van der Waals surface area contributed by atoms with Gasteiger partial charge in [-0.1, -0.05) is 12.1 Å². The maximum atomic E-state index is 12.3. The van der Waals surface area contributed by atoms with Gasteiger partial charge in [0.25, 0.3) is 16.7 Å². The van der Waals surface area contributed by atoms with Crippen LogP contribution in [0.25, 0.3) is 11.0 Å². The largest absolute Gasteiger partial charge is 0.448 e. The zero-order chi connectivity index (χ0) is 13.7. The summed E-state index contributed by atoms with van der Waals surface area (Å²) in [5.41, 5.74) is -1.29. The Morgan fingerprint density at radius 3 is 2.32 bits per heavy atom. The Morgan fingerprint density at radius 2 is 1.58 bits per heavy atom. The summed E-state index contributed by atoms with van der Waals surface area (Å²) in [7, 11) is 2.81. The number of hydrogen-bond donors (Lipinski definition) is 0. The molecule has 2 aliphatic heterocycles. The molecule has 0 saturated heterocycles. The number of benzene rings is 1. The summed E-state index contributed by atoms with van der Waals surface area (Å²) in [6.07, 6.45) is 0. The van der Waals surface area contributed by atoms with Crippen molar-refractivity contribution in [2.75, 3.05) is 0 Å². The van der Waals surface area contributed by atoms with Crippen LogP contribution in [-0.2, 0) is 14.1 Å². The molecule has 0 spiro atoms. The molecule has 1 aromatic carbocycles. The number of para-hydroxylation sites is 1. The van der Waals surface area contributed by atoms with E-state index in [2.05, 4.69) is 0 Å². The van der Waals surface area contributed by atoms with Crippen LogP contribution in [0.1, 0.15) is 0 Å². The quantitative estimate of drug-likeness (QED) is 0.565. The standard InChI is InChI=1S/C13H10N2O4/c1-14-9-10(13(18)15(2)12(9)17)19-8-6-4-3-5-7(8)11(14)16/h3-6H,1-2H3. The van der Waals surface area contributed by atoms with E-state index >= 15 is 0 Å². The Balaban J connectivity index is 2.89. The predicted octanol–water partition coefficient (Wildman–Crippen LogP) is -0.0848. The molecule has 0 amide bonds. The second-order valence-electron chi connectivity index (χ2n) is 4.31. The molecule has 0 N–H and O–H groups in total. The fraction of sp³-hybridized carbons (Fsp3) is 0.154. The van der Waals surface area contributed by atoms with Crippen molar-refractivity contribution in [2.45, 2.75) is 0 Å². The van der Waals surface area contributed by atoms with Gasteiger partial charge >= 0.3 is 0 Å². The van der Waals surface area contributed by atoms with Crippen molar-refractivity contribution in [3.8, 4) is 0 Å². The Bertz CT molecular complexity index is 1040. The molecule has 0 radical (unpaired) electrons. The summed E-state index contributed by atoms with van der Waals surface area (Å²) in [5, 5.41) is 0.302. The van der Waals surface area contributed by atoms with Crippen molar-refractivity contribution in [2.24, 2.45) is 14.1 Å². The molecule has 0 aliphatic carbocycles. The van der Waals surface area contributed by atoms with E-state index in [1.165, 1.54) is 14.1 Å². The highest BCUT2D eigenvalue weighted by atomic mass is 16.3. The molecule has 0 saturated carbocycles. The van der Waals surface area contributed by atoms with Gasteiger partial charge in [-0.25, -0.2) is 0 Å². The van der Waals surface area contributed by atoms with Crippen LogP contribution in [0.5, 0.6) is 0 Å². The molecule has 0 fully saturated rings. The van der Waals surface area contributed by atoms with E-state index in [1.54, 1.807) is 24.3 Å². The van der Waals surface area contributed by atoms with Gasteiger partial charge in [-0.3, -0.25) is 19.0 Å². The first-order valence-corrected chi connectivity index (χ1v) is 5.64. The van der Waals surface area contributed by atoms with Gasteiger partial charge in [0.05, 0.1) is 5.39 Å². The summed E-state index contributed by atoms with van der Waals surface area (Å²) >= 11 is 0. The molecule has 2 aliphatic rings. The van der Waals surface area contributed by atoms with Gasteiger partial charge < -0.3 is 8.98 Å². The molecule has 0 atom stereocenters. The van der Waals surface area contributed by atoms with Crippen molar-refractivity contribution >= 4 is 11.0 Å². The van der Waals surface area contributed by atoms with E-state index < -0.39 is 11.1 Å². The molecule has 0 unspecified atom stereocenters. The molecular weight excluding hydrogens is 248 g/mol. The van der Waals surface area contributed by atoms with E-state index in [1.807, 2.05) is 0 Å². The lowest BCUT2D eigenvalue weighted by molar-refractivity contribution is 0.558.